The summed E-state index contributed by atoms with van der Waals surface area (Å²) in [6, 6.07) is 15.5. The second kappa shape index (κ2) is 12.4. The monoisotopic (exact) mass is 588 g/mol. The molecule has 0 unspecified atom stereocenters. The zero-order valence-electron chi connectivity index (χ0n) is 24.6. The van der Waals surface area contributed by atoms with Crippen molar-refractivity contribution < 1.29 is 19.4 Å². The molecule has 0 radical (unpaired) electrons. The Bertz CT molecular complexity index is 1390. The predicted molar refractivity (Wildman–Crippen MR) is 165 cm³/mol. The standard InChI is InChI=1S/C35H41ClN2O4/c1-3-24-18-28-33(29-21-42-31(32(24)29)12-9-22(2)17-25-10-11-27(39)19-30(25)36)35(41)38(34(28)40)26-13-15-37(16-14-26)20-23-7-5-4-6-8-23/h4-8,10-11,17,19,26,28-29,31,33,39H,3,9,12-16,18,20-21H2,1-2H3/b22-17+/t28-,29+,31-,33-/m1/s1. The molecule has 7 heteroatoms. The van der Waals surface area contributed by atoms with Crippen LogP contribution in [0.25, 0.3) is 6.08 Å². The lowest BCUT2D eigenvalue weighted by molar-refractivity contribution is -0.144. The molecule has 2 aromatic carbocycles. The van der Waals surface area contributed by atoms with Gasteiger partial charge in [-0.1, -0.05) is 66.1 Å². The summed E-state index contributed by atoms with van der Waals surface area (Å²) >= 11 is 6.31. The van der Waals surface area contributed by atoms with Gasteiger partial charge in [0.2, 0.25) is 11.8 Å². The van der Waals surface area contributed by atoms with Gasteiger partial charge in [-0.05, 0) is 80.3 Å². The minimum atomic E-state index is -0.289. The largest absolute Gasteiger partial charge is 0.508 e. The van der Waals surface area contributed by atoms with Crippen LogP contribution in [-0.2, 0) is 20.9 Å². The summed E-state index contributed by atoms with van der Waals surface area (Å²) < 4.78 is 6.38. The molecule has 3 heterocycles. The van der Waals surface area contributed by atoms with Crippen LogP contribution >= 0.6 is 11.6 Å². The van der Waals surface area contributed by atoms with E-state index in [-0.39, 0.29) is 47.5 Å². The van der Waals surface area contributed by atoms with Gasteiger partial charge in [0.1, 0.15) is 5.75 Å². The van der Waals surface area contributed by atoms with Gasteiger partial charge >= 0.3 is 0 Å². The molecule has 0 spiro atoms. The number of hydrogen-bond acceptors (Lipinski definition) is 5. The second-order valence-corrected chi connectivity index (χ2v) is 12.9. The first-order valence-electron chi connectivity index (χ1n) is 15.5. The number of amides is 2. The van der Waals surface area contributed by atoms with E-state index >= 15 is 0 Å². The van der Waals surface area contributed by atoms with Gasteiger partial charge in [-0.2, -0.15) is 0 Å². The number of phenols is 1. The highest BCUT2D eigenvalue weighted by molar-refractivity contribution is 6.32. The van der Waals surface area contributed by atoms with E-state index in [1.54, 1.807) is 17.0 Å². The van der Waals surface area contributed by atoms with Crippen LogP contribution in [0.3, 0.4) is 0 Å². The van der Waals surface area contributed by atoms with Crippen molar-refractivity contribution in [3.05, 3.63) is 81.4 Å². The van der Waals surface area contributed by atoms with Crippen LogP contribution < -0.4 is 0 Å². The molecule has 4 atom stereocenters. The molecule has 222 valence electrons. The quantitative estimate of drug-likeness (QED) is 0.277. The number of aromatic hydroxyl groups is 1. The zero-order valence-corrected chi connectivity index (χ0v) is 25.4. The SMILES string of the molecule is CCC1=C2[C@@H](CC/C(C)=C/c3ccc(O)cc3Cl)OC[C@@H]2[C@@H]2C(=O)N(C3CCN(Cc4ccccc4)CC3)C(=O)[C@@H]2C1. The van der Waals surface area contributed by atoms with Crippen LogP contribution in [0, 0.1) is 17.8 Å². The molecule has 2 amide bonds. The minimum absolute atomic E-state index is 0.000789. The van der Waals surface area contributed by atoms with E-state index in [0.717, 1.165) is 57.3 Å². The minimum Gasteiger partial charge on any atom is -0.508 e. The lowest BCUT2D eigenvalue weighted by Gasteiger charge is -2.36. The predicted octanol–water partition coefficient (Wildman–Crippen LogP) is 6.62. The molecule has 0 bridgehead atoms. The van der Waals surface area contributed by atoms with Crippen molar-refractivity contribution in [1.82, 2.24) is 9.80 Å². The molecule has 1 aliphatic carbocycles. The Kier molecular flexibility index (Phi) is 8.58. The van der Waals surface area contributed by atoms with Crippen LogP contribution in [0.1, 0.15) is 63.5 Å². The number of ether oxygens (including phenoxy) is 1. The Morgan fingerprint density at radius 1 is 1.07 bits per heavy atom. The van der Waals surface area contributed by atoms with Crippen LogP contribution in [0.4, 0.5) is 0 Å². The normalized spacial score (nSPS) is 27.1. The Hall–Kier alpha value is -2.93. The van der Waals surface area contributed by atoms with Crippen LogP contribution in [-0.4, -0.2) is 58.6 Å². The second-order valence-electron chi connectivity index (χ2n) is 12.5. The van der Waals surface area contributed by atoms with E-state index in [1.165, 1.54) is 22.3 Å². The van der Waals surface area contributed by atoms with Crippen molar-refractivity contribution in [2.75, 3.05) is 19.7 Å². The maximum atomic E-state index is 14.0. The third-order valence-corrected chi connectivity index (χ3v) is 10.2. The summed E-state index contributed by atoms with van der Waals surface area (Å²) in [7, 11) is 0. The molecule has 0 aromatic heterocycles. The van der Waals surface area contributed by atoms with Gasteiger partial charge in [0.15, 0.2) is 0 Å². The first-order chi connectivity index (χ1) is 20.3. The molecular weight excluding hydrogens is 548 g/mol. The summed E-state index contributed by atoms with van der Waals surface area (Å²) in [6.45, 7) is 7.46. The molecule has 3 saturated heterocycles. The van der Waals surface area contributed by atoms with E-state index in [1.807, 2.05) is 12.1 Å². The van der Waals surface area contributed by atoms with E-state index in [9.17, 15) is 14.7 Å². The number of benzene rings is 2. The van der Waals surface area contributed by atoms with Gasteiger partial charge in [-0.15, -0.1) is 0 Å². The van der Waals surface area contributed by atoms with Gasteiger partial charge in [-0.25, -0.2) is 0 Å². The molecule has 42 heavy (non-hydrogen) atoms. The number of carbonyl (C=O) groups is 2. The molecule has 3 aliphatic heterocycles. The van der Waals surface area contributed by atoms with Crippen LogP contribution in [0.2, 0.25) is 5.02 Å². The summed E-state index contributed by atoms with van der Waals surface area (Å²) in [5, 5.41) is 10.2. The van der Waals surface area contributed by atoms with E-state index in [2.05, 4.69) is 49.1 Å². The number of hydrogen-bond donors (Lipinski definition) is 1. The number of carbonyl (C=O) groups excluding carboxylic acids is 2. The third-order valence-electron chi connectivity index (χ3n) is 9.83. The Morgan fingerprint density at radius 3 is 2.55 bits per heavy atom. The Labute approximate surface area is 254 Å². The summed E-state index contributed by atoms with van der Waals surface area (Å²) in [4.78, 5) is 31.9. The van der Waals surface area contributed by atoms with Crippen molar-refractivity contribution in [3.8, 4) is 5.75 Å². The Balaban J connectivity index is 1.11. The number of likely N-dealkylation sites (tertiary alicyclic amines) is 2. The fraction of sp³-hybridized carbons (Fsp3) is 0.486. The fourth-order valence-corrected chi connectivity index (χ4v) is 7.93. The average Bonchev–Trinajstić information content (AvgIpc) is 3.52. The molecule has 2 aromatic rings. The highest BCUT2D eigenvalue weighted by atomic mass is 35.5. The van der Waals surface area contributed by atoms with Gasteiger partial charge in [-0.3, -0.25) is 19.4 Å². The molecule has 3 fully saturated rings. The van der Waals surface area contributed by atoms with E-state index in [4.69, 9.17) is 16.3 Å². The van der Waals surface area contributed by atoms with Crippen molar-refractivity contribution in [1.29, 1.82) is 0 Å². The third kappa shape index (κ3) is 5.69. The van der Waals surface area contributed by atoms with Gasteiger partial charge in [0.05, 0.1) is 29.6 Å². The molecule has 6 rings (SSSR count). The smallest absolute Gasteiger partial charge is 0.234 e. The summed E-state index contributed by atoms with van der Waals surface area (Å²) in [5.74, 6) is -0.302. The number of rotatable bonds is 8. The fourth-order valence-electron chi connectivity index (χ4n) is 7.70. The van der Waals surface area contributed by atoms with E-state index < -0.39 is 0 Å². The van der Waals surface area contributed by atoms with Crippen molar-refractivity contribution in [3.63, 3.8) is 0 Å². The molecule has 1 N–H and O–H groups in total. The maximum absolute atomic E-state index is 14.0. The van der Waals surface area contributed by atoms with Crippen LogP contribution in [0.5, 0.6) is 5.75 Å². The molecule has 4 aliphatic rings. The first kappa shape index (κ1) is 29.2. The highest BCUT2D eigenvalue weighted by Gasteiger charge is 2.58. The number of piperidine rings is 1. The number of imide groups is 1. The number of halogens is 1. The number of nitrogens with zero attached hydrogens (tertiary/aromatic N) is 2. The topological polar surface area (TPSA) is 70.1 Å². The summed E-state index contributed by atoms with van der Waals surface area (Å²) in [5.41, 5.74) is 5.96. The van der Waals surface area contributed by atoms with Gasteiger partial charge in [0, 0.05) is 31.6 Å². The molecular formula is C35H41ClN2O4. The number of allylic oxidation sites excluding steroid dienone is 2. The first-order valence-corrected chi connectivity index (χ1v) is 15.8. The van der Waals surface area contributed by atoms with Gasteiger partial charge in [0.25, 0.3) is 0 Å². The van der Waals surface area contributed by atoms with Crippen molar-refractivity contribution in [2.24, 2.45) is 17.8 Å². The van der Waals surface area contributed by atoms with Crippen molar-refractivity contribution >= 4 is 29.5 Å². The highest BCUT2D eigenvalue weighted by Crippen LogP contribution is 2.51. The molecule has 0 saturated carbocycles. The zero-order chi connectivity index (χ0) is 29.4. The lowest BCUT2D eigenvalue weighted by Crippen LogP contribution is -2.47. The van der Waals surface area contributed by atoms with E-state index in [0.29, 0.717) is 18.1 Å². The Morgan fingerprint density at radius 2 is 1.83 bits per heavy atom. The van der Waals surface area contributed by atoms with Crippen molar-refractivity contribution in [2.45, 2.75) is 71.1 Å². The lowest BCUT2D eigenvalue weighted by atomic mass is 9.69. The van der Waals surface area contributed by atoms with Gasteiger partial charge < -0.3 is 9.84 Å². The maximum Gasteiger partial charge on any atom is 0.234 e. The summed E-state index contributed by atoms with van der Waals surface area (Å²) in [6.07, 6.45) is 6.94. The number of fused-ring (bicyclic) bond motifs is 3. The molecule has 6 nitrogen and oxygen atoms in total. The van der Waals surface area contributed by atoms with Crippen LogP contribution in [0.15, 0.2) is 65.3 Å². The number of phenolic OH excluding ortho intramolecular Hbond substituents is 1. The average molecular weight is 589 g/mol.